The van der Waals surface area contributed by atoms with E-state index in [1.807, 2.05) is 54.6 Å². The molecular formula is C29H25NO2. The first-order valence-electron chi connectivity index (χ1n) is 10.8. The zero-order valence-corrected chi connectivity index (χ0v) is 17.8. The van der Waals surface area contributed by atoms with Crippen LogP contribution in [0, 0.1) is 0 Å². The lowest BCUT2D eigenvalue weighted by molar-refractivity contribution is 0.0951. The molecule has 0 aliphatic heterocycles. The van der Waals surface area contributed by atoms with Crippen LogP contribution in [0.4, 0.5) is 0 Å². The Morgan fingerprint density at radius 2 is 1.00 bits per heavy atom. The van der Waals surface area contributed by atoms with Crippen LogP contribution in [0.2, 0.25) is 0 Å². The molecule has 32 heavy (non-hydrogen) atoms. The lowest BCUT2D eigenvalue weighted by Crippen LogP contribution is -2.26. The predicted molar refractivity (Wildman–Crippen MR) is 128 cm³/mol. The SMILES string of the molecule is O=C(NCCC(c1ccccc1)c1ccccc1)c1ccc(C(=O)c2ccccc2)cc1. The Kier molecular flexibility index (Phi) is 6.88. The van der Waals surface area contributed by atoms with E-state index < -0.39 is 0 Å². The van der Waals surface area contributed by atoms with Gasteiger partial charge in [-0.15, -0.1) is 0 Å². The van der Waals surface area contributed by atoms with E-state index in [-0.39, 0.29) is 17.6 Å². The van der Waals surface area contributed by atoms with Crippen molar-refractivity contribution in [3.05, 3.63) is 143 Å². The van der Waals surface area contributed by atoms with E-state index in [0.717, 1.165) is 6.42 Å². The Morgan fingerprint density at radius 3 is 1.53 bits per heavy atom. The maximum Gasteiger partial charge on any atom is 0.251 e. The van der Waals surface area contributed by atoms with Gasteiger partial charge in [-0.05, 0) is 29.7 Å². The summed E-state index contributed by atoms with van der Waals surface area (Å²) in [5.74, 6) is 0.0262. The smallest absolute Gasteiger partial charge is 0.251 e. The molecule has 158 valence electrons. The minimum Gasteiger partial charge on any atom is -0.352 e. The second-order valence-electron chi connectivity index (χ2n) is 7.69. The fourth-order valence-corrected chi connectivity index (χ4v) is 3.86. The number of hydrogen-bond donors (Lipinski definition) is 1. The Hall–Kier alpha value is -3.98. The molecular weight excluding hydrogens is 394 g/mol. The number of rotatable bonds is 8. The van der Waals surface area contributed by atoms with Crippen molar-refractivity contribution in [3.8, 4) is 0 Å². The van der Waals surface area contributed by atoms with Crippen LogP contribution in [0.1, 0.15) is 49.7 Å². The standard InChI is InChI=1S/C29H25NO2/c31-28(24-14-8-3-9-15-24)25-16-18-26(19-17-25)29(32)30-21-20-27(22-10-4-1-5-11-22)23-12-6-2-7-13-23/h1-19,27H,20-21H2,(H,30,32). The summed E-state index contributed by atoms with van der Waals surface area (Å²) in [5, 5.41) is 3.03. The maximum atomic E-state index is 12.7. The molecule has 0 aliphatic rings. The van der Waals surface area contributed by atoms with Gasteiger partial charge >= 0.3 is 0 Å². The molecule has 0 heterocycles. The van der Waals surface area contributed by atoms with Gasteiger partial charge in [0, 0.05) is 29.2 Å². The number of amides is 1. The highest BCUT2D eigenvalue weighted by molar-refractivity contribution is 6.09. The van der Waals surface area contributed by atoms with E-state index in [4.69, 9.17) is 0 Å². The summed E-state index contributed by atoms with van der Waals surface area (Å²) >= 11 is 0. The number of benzene rings is 4. The number of hydrogen-bond acceptors (Lipinski definition) is 2. The highest BCUT2D eigenvalue weighted by Gasteiger charge is 2.15. The number of nitrogens with one attached hydrogen (secondary N) is 1. The first-order valence-corrected chi connectivity index (χ1v) is 10.8. The Labute approximate surface area is 188 Å². The molecule has 0 saturated carbocycles. The van der Waals surface area contributed by atoms with Crippen LogP contribution in [0.3, 0.4) is 0 Å². The van der Waals surface area contributed by atoms with Gasteiger partial charge in [0.05, 0.1) is 0 Å². The second-order valence-corrected chi connectivity index (χ2v) is 7.69. The van der Waals surface area contributed by atoms with Gasteiger partial charge in [0.2, 0.25) is 0 Å². The average molecular weight is 420 g/mol. The van der Waals surface area contributed by atoms with Gasteiger partial charge in [-0.1, -0.05) is 103 Å². The average Bonchev–Trinajstić information content (AvgIpc) is 2.88. The molecule has 0 radical (unpaired) electrons. The molecule has 0 bridgehead atoms. The first-order chi connectivity index (χ1) is 15.7. The third-order valence-corrected chi connectivity index (χ3v) is 5.57. The summed E-state index contributed by atoms with van der Waals surface area (Å²) in [6.07, 6.45) is 0.796. The summed E-state index contributed by atoms with van der Waals surface area (Å²) in [4.78, 5) is 25.2. The normalized spacial score (nSPS) is 10.7. The number of ketones is 1. The molecule has 4 rings (SSSR count). The van der Waals surface area contributed by atoms with E-state index in [1.165, 1.54) is 11.1 Å². The van der Waals surface area contributed by atoms with E-state index in [1.54, 1.807) is 36.4 Å². The van der Waals surface area contributed by atoms with E-state index in [2.05, 4.69) is 29.6 Å². The fourth-order valence-electron chi connectivity index (χ4n) is 3.86. The lowest BCUT2D eigenvalue weighted by atomic mass is 9.88. The Balaban J connectivity index is 1.39. The van der Waals surface area contributed by atoms with Crippen LogP contribution in [0.25, 0.3) is 0 Å². The van der Waals surface area contributed by atoms with Crippen molar-refractivity contribution < 1.29 is 9.59 Å². The van der Waals surface area contributed by atoms with Gasteiger partial charge in [0.1, 0.15) is 0 Å². The van der Waals surface area contributed by atoms with Gasteiger partial charge in [-0.3, -0.25) is 9.59 Å². The fraction of sp³-hybridized carbons (Fsp3) is 0.103. The number of carbonyl (C=O) groups excluding carboxylic acids is 2. The zero-order valence-electron chi connectivity index (χ0n) is 17.8. The largest absolute Gasteiger partial charge is 0.352 e. The molecule has 0 aliphatic carbocycles. The Bertz CT molecular complexity index is 1110. The molecule has 0 aromatic heterocycles. The summed E-state index contributed by atoms with van der Waals surface area (Å²) in [7, 11) is 0. The van der Waals surface area contributed by atoms with Crippen molar-refractivity contribution in [1.82, 2.24) is 5.32 Å². The summed E-state index contributed by atoms with van der Waals surface area (Å²) < 4.78 is 0. The maximum absolute atomic E-state index is 12.7. The Morgan fingerprint density at radius 1 is 0.562 bits per heavy atom. The van der Waals surface area contributed by atoms with Crippen molar-refractivity contribution >= 4 is 11.7 Å². The molecule has 0 spiro atoms. The minimum absolute atomic E-state index is 0.0499. The molecule has 0 unspecified atom stereocenters. The van der Waals surface area contributed by atoms with Crippen LogP contribution in [-0.2, 0) is 0 Å². The molecule has 0 saturated heterocycles. The number of carbonyl (C=O) groups is 2. The van der Waals surface area contributed by atoms with Gasteiger partial charge < -0.3 is 5.32 Å². The molecule has 1 N–H and O–H groups in total. The molecule has 4 aromatic rings. The lowest BCUT2D eigenvalue weighted by Gasteiger charge is -2.18. The van der Waals surface area contributed by atoms with E-state index >= 15 is 0 Å². The molecule has 0 atom stereocenters. The molecule has 3 heteroatoms. The van der Waals surface area contributed by atoms with Crippen LogP contribution >= 0.6 is 0 Å². The monoisotopic (exact) mass is 419 g/mol. The topological polar surface area (TPSA) is 46.2 Å². The third-order valence-electron chi connectivity index (χ3n) is 5.57. The zero-order chi connectivity index (χ0) is 22.2. The van der Waals surface area contributed by atoms with Crippen molar-refractivity contribution in [2.45, 2.75) is 12.3 Å². The van der Waals surface area contributed by atoms with Gasteiger partial charge in [0.25, 0.3) is 5.91 Å². The molecule has 4 aromatic carbocycles. The van der Waals surface area contributed by atoms with Crippen molar-refractivity contribution in [3.63, 3.8) is 0 Å². The van der Waals surface area contributed by atoms with Crippen molar-refractivity contribution in [2.24, 2.45) is 0 Å². The quantitative estimate of drug-likeness (QED) is 0.363. The summed E-state index contributed by atoms with van der Waals surface area (Å²) in [6.45, 7) is 0.554. The minimum atomic E-state index is -0.136. The molecule has 0 fully saturated rings. The second kappa shape index (κ2) is 10.4. The van der Waals surface area contributed by atoms with Crippen molar-refractivity contribution in [2.75, 3.05) is 6.54 Å². The van der Waals surface area contributed by atoms with Crippen LogP contribution in [0.5, 0.6) is 0 Å². The highest BCUT2D eigenvalue weighted by atomic mass is 16.1. The molecule has 1 amide bonds. The molecule has 3 nitrogen and oxygen atoms in total. The van der Waals surface area contributed by atoms with Gasteiger partial charge in [-0.2, -0.15) is 0 Å². The van der Waals surface area contributed by atoms with Crippen LogP contribution in [-0.4, -0.2) is 18.2 Å². The third kappa shape index (κ3) is 5.19. The van der Waals surface area contributed by atoms with Crippen molar-refractivity contribution in [1.29, 1.82) is 0 Å². The summed E-state index contributed by atoms with van der Waals surface area (Å²) in [5.41, 5.74) is 4.22. The van der Waals surface area contributed by atoms with Crippen LogP contribution in [0.15, 0.2) is 115 Å². The van der Waals surface area contributed by atoms with Gasteiger partial charge in [0.15, 0.2) is 5.78 Å². The van der Waals surface area contributed by atoms with E-state index in [9.17, 15) is 9.59 Å². The highest BCUT2D eigenvalue weighted by Crippen LogP contribution is 2.27. The first kappa shape index (κ1) is 21.3. The summed E-state index contributed by atoms with van der Waals surface area (Å²) in [6, 6.07) is 36.7. The predicted octanol–water partition coefficient (Wildman–Crippen LogP) is 5.87. The van der Waals surface area contributed by atoms with E-state index in [0.29, 0.717) is 23.2 Å². The van der Waals surface area contributed by atoms with Gasteiger partial charge in [-0.25, -0.2) is 0 Å². The van der Waals surface area contributed by atoms with Crippen LogP contribution < -0.4 is 5.32 Å².